The van der Waals surface area contributed by atoms with Gasteiger partial charge in [0.2, 0.25) is 15.9 Å². The number of nitrogens with one attached hydrogen (secondary N) is 1. The largest absolute Gasteiger partial charge is 0.480 e. The van der Waals surface area contributed by atoms with E-state index in [-0.39, 0.29) is 24.7 Å². The number of carbonyl (C=O) groups is 2. The number of aliphatic carboxylic acids is 1. The van der Waals surface area contributed by atoms with Crippen LogP contribution in [0.25, 0.3) is 0 Å². The maximum atomic E-state index is 12.4. The zero-order valence-corrected chi connectivity index (χ0v) is 14.4. The molecule has 1 saturated heterocycles. The molecule has 0 spiro atoms. The first-order chi connectivity index (χ1) is 11.2. The monoisotopic (exact) mass is 376 g/mol. The molecule has 0 radical (unpaired) electrons. The number of sulfonamides is 1. The maximum Gasteiger partial charge on any atom is 0.328 e. The van der Waals surface area contributed by atoms with E-state index in [4.69, 9.17) is 21.4 Å². The summed E-state index contributed by atoms with van der Waals surface area (Å²) in [6, 6.07) is 3.22. The number of hydrogen-bond donors (Lipinski definition) is 2. The van der Waals surface area contributed by atoms with Crippen molar-refractivity contribution >= 4 is 33.5 Å². The second-order valence-corrected chi connectivity index (χ2v) is 7.41. The highest BCUT2D eigenvalue weighted by molar-refractivity contribution is 7.89. The standard InChI is InChI=1S/C14H17ClN2O6S/c1-9(13(18)17-6-7-23-8-12(17)14(19)20)16-24(21,22)11-4-2-10(15)3-5-11/h2-5,9,12,16H,6-8H2,1H3,(H,19,20). The van der Waals surface area contributed by atoms with Crippen LogP contribution in [0.2, 0.25) is 5.02 Å². The van der Waals surface area contributed by atoms with Gasteiger partial charge in [0.25, 0.3) is 0 Å². The van der Waals surface area contributed by atoms with Crippen molar-refractivity contribution in [3.8, 4) is 0 Å². The van der Waals surface area contributed by atoms with Crippen molar-refractivity contribution in [3.63, 3.8) is 0 Å². The summed E-state index contributed by atoms with van der Waals surface area (Å²) in [5.41, 5.74) is 0. The van der Waals surface area contributed by atoms with Crippen LogP contribution in [0.3, 0.4) is 0 Å². The maximum absolute atomic E-state index is 12.4. The lowest BCUT2D eigenvalue weighted by molar-refractivity contribution is -0.158. The molecule has 1 aliphatic rings. The highest BCUT2D eigenvalue weighted by Crippen LogP contribution is 2.15. The second kappa shape index (κ2) is 7.47. The third-order valence-corrected chi connectivity index (χ3v) is 5.33. The molecule has 0 aliphatic carbocycles. The highest BCUT2D eigenvalue weighted by Gasteiger charge is 2.36. The molecule has 1 heterocycles. The summed E-state index contributed by atoms with van der Waals surface area (Å²) in [5, 5.41) is 9.54. The molecule has 2 N–H and O–H groups in total. The summed E-state index contributed by atoms with van der Waals surface area (Å²) in [6.07, 6.45) is 0. The molecule has 1 aromatic carbocycles. The van der Waals surface area contributed by atoms with Crippen molar-refractivity contribution in [2.45, 2.75) is 23.9 Å². The molecule has 1 amide bonds. The molecule has 0 saturated carbocycles. The Hall–Kier alpha value is -1.68. The van der Waals surface area contributed by atoms with Crippen LogP contribution in [0.1, 0.15) is 6.92 Å². The molecule has 1 aliphatic heterocycles. The first-order valence-corrected chi connectivity index (χ1v) is 8.97. The number of carboxylic acid groups (broad SMARTS) is 1. The number of morpholine rings is 1. The number of amides is 1. The second-order valence-electron chi connectivity index (χ2n) is 5.26. The smallest absolute Gasteiger partial charge is 0.328 e. The van der Waals surface area contributed by atoms with Gasteiger partial charge in [-0.3, -0.25) is 4.79 Å². The zero-order valence-electron chi connectivity index (χ0n) is 12.8. The minimum atomic E-state index is -3.93. The molecule has 132 valence electrons. The summed E-state index contributed by atoms with van der Waals surface area (Å²) in [6.45, 7) is 1.52. The van der Waals surface area contributed by atoms with Gasteiger partial charge in [-0.25, -0.2) is 13.2 Å². The molecule has 2 atom stereocenters. The number of halogens is 1. The zero-order chi connectivity index (χ0) is 17.9. The van der Waals surface area contributed by atoms with Crippen LogP contribution < -0.4 is 4.72 Å². The molecular weight excluding hydrogens is 360 g/mol. The molecule has 24 heavy (non-hydrogen) atoms. The fourth-order valence-corrected chi connectivity index (χ4v) is 3.61. The molecule has 2 rings (SSSR count). The Morgan fingerprint density at radius 1 is 1.38 bits per heavy atom. The van der Waals surface area contributed by atoms with Crippen molar-refractivity contribution in [2.24, 2.45) is 0 Å². The lowest BCUT2D eigenvalue weighted by Crippen LogP contribution is -2.57. The molecule has 0 aromatic heterocycles. The van der Waals surface area contributed by atoms with Gasteiger partial charge in [-0.15, -0.1) is 0 Å². The Bertz CT molecular complexity index is 721. The average molecular weight is 377 g/mol. The Morgan fingerprint density at radius 3 is 2.58 bits per heavy atom. The minimum absolute atomic E-state index is 0.0386. The Labute approximate surface area is 144 Å². The molecule has 10 heteroatoms. The topological polar surface area (TPSA) is 113 Å². The number of carbonyl (C=O) groups excluding carboxylic acids is 1. The van der Waals surface area contributed by atoms with Gasteiger partial charge in [-0.05, 0) is 31.2 Å². The van der Waals surface area contributed by atoms with Gasteiger partial charge in [0, 0.05) is 11.6 Å². The number of nitrogens with zero attached hydrogens (tertiary/aromatic N) is 1. The van der Waals surface area contributed by atoms with Gasteiger partial charge in [0.1, 0.15) is 0 Å². The number of carboxylic acids is 1. The van der Waals surface area contributed by atoms with E-state index >= 15 is 0 Å². The van der Waals surface area contributed by atoms with E-state index in [1.165, 1.54) is 31.2 Å². The molecule has 8 nitrogen and oxygen atoms in total. The van der Waals surface area contributed by atoms with E-state index in [1.807, 2.05) is 0 Å². The van der Waals surface area contributed by atoms with Crippen molar-refractivity contribution in [1.29, 1.82) is 0 Å². The van der Waals surface area contributed by atoms with Crippen LogP contribution >= 0.6 is 11.6 Å². The van der Waals surface area contributed by atoms with Crippen molar-refractivity contribution in [3.05, 3.63) is 29.3 Å². The SMILES string of the molecule is CC(NS(=O)(=O)c1ccc(Cl)cc1)C(=O)N1CCOCC1C(=O)O. The molecule has 1 fully saturated rings. The third kappa shape index (κ3) is 4.23. The van der Waals surface area contributed by atoms with E-state index in [9.17, 15) is 18.0 Å². The Balaban J connectivity index is 2.12. The molecule has 2 unspecified atom stereocenters. The summed E-state index contributed by atoms with van der Waals surface area (Å²) >= 11 is 5.72. The molecule has 1 aromatic rings. The van der Waals surface area contributed by atoms with Gasteiger partial charge in [-0.2, -0.15) is 4.72 Å². The fraction of sp³-hybridized carbons (Fsp3) is 0.429. The summed E-state index contributed by atoms with van der Waals surface area (Å²) < 4.78 is 31.9. The van der Waals surface area contributed by atoms with Crippen molar-refractivity contribution in [2.75, 3.05) is 19.8 Å². The number of benzene rings is 1. The van der Waals surface area contributed by atoms with Crippen LogP contribution in [-0.2, 0) is 24.3 Å². The summed E-state index contributed by atoms with van der Waals surface area (Å²) in [5.74, 6) is -1.82. The lowest BCUT2D eigenvalue weighted by atomic mass is 10.2. The quantitative estimate of drug-likeness (QED) is 0.765. The van der Waals surface area contributed by atoms with Crippen LogP contribution in [0.5, 0.6) is 0 Å². The first kappa shape index (κ1) is 18.7. The highest BCUT2D eigenvalue weighted by atomic mass is 35.5. The van der Waals surface area contributed by atoms with Crippen LogP contribution in [-0.4, -0.2) is 62.1 Å². The van der Waals surface area contributed by atoms with Crippen LogP contribution in [0.4, 0.5) is 0 Å². The van der Waals surface area contributed by atoms with E-state index in [2.05, 4.69) is 4.72 Å². The van der Waals surface area contributed by atoms with E-state index < -0.39 is 34.0 Å². The molecule has 0 bridgehead atoms. The summed E-state index contributed by atoms with van der Waals surface area (Å²) in [4.78, 5) is 24.7. The van der Waals surface area contributed by atoms with E-state index in [1.54, 1.807) is 0 Å². The first-order valence-electron chi connectivity index (χ1n) is 7.11. The Kier molecular flexibility index (Phi) is 5.81. The third-order valence-electron chi connectivity index (χ3n) is 3.52. The predicted molar refractivity (Wildman–Crippen MR) is 85.2 cm³/mol. The minimum Gasteiger partial charge on any atom is -0.480 e. The van der Waals surface area contributed by atoms with Crippen molar-refractivity contribution < 1.29 is 27.9 Å². The number of rotatable bonds is 5. The van der Waals surface area contributed by atoms with E-state index in [0.29, 0.717) is 5.02 Å². The van der Waals surface area contributed by atoms with Gasteiger partial charge in [-0.1, -0.05) is 11.6 Å². The average Bonchev–Trinajstić information content (AvgIpc) is 2.54. The van der Waals surface area contributed by atoms with Crippen molar-refractivity contribution in [1.82, 2.24) is 9.62 Å². The van der Waals surface area contributed by atoms with Crippen LogP contribution in [0.15, 0.2) is 29.2 Å². The number of hydrogen-bond acceptors (Lipinski definition) is 5. The molecular formula is C14H17ClN2O6S. The fourth-order valence-electron chi connectivity index (χ4n) is 2.29. The normalized spacial score (nSPS) is 19.8. The van der Waals surface area contributed by atoms with E-state index in [0.717, 1.165) is 4.90 Å². The lowest BCUT2D eigenvalue weighted by Gasteiger charge is -2.34. The van der Waals surface area contributed by atoms with Gasteiger partial charge in [0.05, 0.1) is 24.2 Å². The van der Waals surface area contributed by atoms with Gasteiger partial charge in [0.15, 0.2) is 6.04 Å². The predicted octanol–water partition coefficient (Wildman–Crippen LogP) is 0.319. The summed E-state index contributed by atoms with van der Waals surface area (Å²) in [7, 11) is -3.93. The number of ether oxygens (including phenoxy) is 1. The Morgan fingerprint density at radius 2 is 2.00 bits per heavy atom. The van der Waals surface area contributed by atoms with Gasteiger partial charge < -0.3 is 14.7 Å². The van der Waals surface area contributed by atoms with Crippen LogP contribution in [0, 0.1) is 0 Å². The van der Waals surface area contributed by atoms with Gasteiger partial charge >= 0.3 is 5.97 Å².